The van der Waals surface area contributed by atoms with Crippen LogP contribution in [-0.4, -0.2) is 16.1 Å². The van der Waals surface area contributed by atoms with Gasteiger partial charge in [0, 0.05) is 12.6 Å². The summed E-state index contributed by atoms with van der Waals surface area (Å²) in [5, 5.41) is 12.2. The third-order valence-electron chi connectivity index (χ3n) is 3.61. The number of nitrogens with one attached hydrogen (secondary N) is 1. The lowest BCUT2D eigenvalue weighted by Gasteiger charge is -2.25. The Hall–Kier alpha value is -2.43. The molecule has 0 saturated heterocycles. The smallest absolute Gasteiger partial charge is 0.337 e. The molecule has 0 amide bonds. The molecule has 1 atom stereocenters. The van der Waals surface area contributed by atoms with Gasteiger partial charge in [-0.25, -0.2) is 14.2 Å². The van der Waals surface area contributed by atoms with Gasteiger partial charge in [-0.3, -0.25) is 0 Å². The SMILES string of the molecule is C[C@@]1(c2cccc(F)c2)Cc2cc(C(=O)O)cnc2N1. The Labute approximate surface area is 115 Å². The molecule has 0 radical (unpaired) electrons. The normalized spacial score (nSPS) is 20.3. The van der Waals surface area contributed by atoms with Crippen LogP contribution in [0.5, 0.6) is 0 Å². The molecule has 102 valence electrons. The van der Waals surface area contributed by atoms with E-state index in [1.807, 2.05) is 13.0 Å². The van der Waals surface area contributed by atoms with Crippen LogP contribution < -0.4 is 5.32 Å². The molecule has 1 aromatic carbocycles. The first-order chi connectivity index (χ1) is 9.48. The number of pyridine rings is 1. The molecule has 2 aromatic rings. The summed E-state index contributed by atoms with van der Waals surface area (Å²) in [4.78, 5) is 15.1. The molecular formula is C15H13FN2O2. The second-order valence-electron chi connectivity index (χ2n) is 5.18. The molecule has 0 spiro atoms. The Morgan fingerprint density at radius 1 is 1.45 bits per heavy atom. The van der Waals surface area contributed by atoms with Crippen molar-refractivity contribution in [3.05, 3.63) is 59.0 Å². The number of hydrogen-bond acceptors (Lipinski definition) is 3. The van der Waals surface area contributed by atoms with Gasteiger partial charge >= 0.3 is 5.97 Å². The number of fused-ring (bicyclic) bond motifs is 1. The van der Waals surface area contributed by atoms with Crippen molar-refractivity contribution in [1.82, 2.24) is 4.98 Å². The number of carboxylic acids is 1. The first-order valence-electron chi connectivity index (χ1n) is 6.24. The van der Waals surface area contributed by atoms with Gasteiger partial charge in [-0.05, 0) is 36.2 Å². The zero-order valence-electron chi connectivity index (χ0n) is 10.9. The van der Waals surface area contributed by atoms with Crippen LogP contribution in [0.4, 0.5) is 10.2 Å². The number of benzene rings is 1. The fourth-order valence-electron chi connectivity index (χ4n) is 2.57. The fourth-order valence-corrected chi connectivity index (χ4v) is 2.57. The molecule has 0 unspecified atom stereocenters. The number of aromatic nitrogens is 1. The van der Waals surface area contributed by atoms with Crippen LogP contribution in [0, 0.1) is 5.82 Å². The standard InChI is InChI=1S/C15H13FN2O2/c1-15(11-3-2-4-12(16)6-11)7-9-5-10(14(19)20)8-17-13(9)18-15/h2-6,8H,7H2,1H3,(H,17,18)(H,19,20)/t15-/m0/s1. The molecule has 4 nitrogen and oxygen atoms in total. The van der Waals surface area contributed by atoms with E-state index in [1.165, 1.54) is 18.3 Å². The summed E-state index contributed by atoms with van der Waals surface area (Å²) in [5.41, 5.74) is 1.33. The summed E-state index contributed by atoms with van der Waals surface area (Å²) in [6.07, 6.45) is 1.89. The predicted molar refractivity (Wildman–Crippen MR) is 72.3 cm³/mol. The van der Waals surface area contributed by atoms with Crippen molar-refractivity contribution >= 4 is 11.8 Å². The average molecular weight is 272 g/mol. The Morgan fingerprint density at radius 2 is 2.25 bits per heavy atom. The summed E-state index contributed by atoms with van der Waals surface area (Å²) in [7, 11) is 0. The first kappa shape index (κ1) is 12.6. The lowest BCUT2D eigenvalue weighted by Crippen LogP contribution is -2.29. The average Bonchev–Trinajstić information content (AvgIpc) is 2.75. The summed E-state index contributed by atoms with van der Waals surface area (Å²) in [5.74, 6) is -0.637. The van der Waals surface area contributed by atoms with Gasteiger partial charge < -0.3 is 10.4 Å². The summed E-state index contributed by atoms with van der Waals surface area (Å²) in [6, 6.07) is 8.01. The van der Waals surface area contributed by atoms with E-state index in [9.17, 15) is 9.18 Å². The number of carboxylic acid groups (broad SMARTS) is 1. The lowest BCUT2D eigenvalue weighted by atomic mass is 9.89. The van der Waals surface area contributed by atoms with Gasteiger partial charge in [-0.1, -0.05) is 12.1 Å². The van der Waals surface area contributed by atoms with Crippen molar-refractivity contribution in [2.24, 2.45) is 0 Å². The molecule has 1 aliphatic heterocycles. The zero-order chi connectivity index (χ0) is 14.3. The second kappa shape index (κ2) is 4.30. The van der Waals surface area contributed by atoms with Crippen LogP contribution in [0.3, 0.4) is 0 Å². The van der Waals surface area contributed by atoms with Crippen molar-refractivity contribution < 1.29 is 14.3 Å². The maximum Gasteiger partial charge on any atom is 0.337 e. The minimum Gasteiger partial charge on any atom is -0.478 e. The van der Waals surface area contributed by atoms with Gasteiger partial charge in [0.1, 0.15) is 11.6 Å². The molecular weight excluding hydrogens is 259 g/mol. The highest BCUT2D eigenvalue weighted by Crippen LogP contribution is 2.38. The van der Waals surface area contributed by atoms with E-state index in [-0.39, 0.29) is 11.4 Å². The minimum absolute atomic E-state index is 0.161. The van der Waals surface area contributed by atoms with Gasteiger partial charge in [0.25, 0.3) is 0 Å². The molecule has 20 heavy (non-hydrogen) atoms. The van der Waals surface area contributed by atoms with E-state index in [0.717, 1.165) is 11.1 Å². The van der Waals surface area contributed by atoms with E-state index in [2.05, 4.69) is 10.3 Å². The van der Waals surface area contributed by atoms with Crippen molar-refractivity contribution in [2.45, 2.75) is 18.9 Å². The van der Waals surface area contributed by atoms with Gasteiger partial charge in [0.05, 0.1) is 11.1 Å². The number of carbonyl (C=O) groups is 1. The summed E-state index contributed by atoms with van der Waals surface area (Å²) in [6.45, 7) is 1.95. The molecule has 0 saturated carbocycles. The van der Waals surface area contributed by atoms with Crippen LogP contribution >= 0.6 is 0 Å². The number of halogens is 1. The number of rotatable bonds is 2. The monoisotopic (exact) mass is 272 g/mol. The Kier molecular flexibility index (Phi) is 2.71. The third kappa shape index (κ3) is 2.01. The van der Waals surface area contributed by atoms with E-state index >= 15 is 0 Å². The van der Waals surface area contributed by atoms with Crippen LogP contribution in [0.25, 0.3) is 0 Å². The zero-order valence-corrected chi connectivity index (χ0v) is 10.9. The topological polar surface area (TPSA) is 62.2 Å². The molecule has 2 N–H and O–H groups in total. The molecule has 0 bridgehead atoms. The Balaban J connectivity index is 1.98. The highest BCUT2D eigenvalue weighted by molar-refractivity contribution is 5.88. The largest absolute Gasteiger partial charge is 0.478 e. The van der Waals surface area contributed by atoms with E-state index < -0.39 is 11.5 Å². The fraction of sp³-hybridized carbons (Fsp3) is 0.200. The highest BCUT2D eigenvalue weighted by Gasteiger charge is 2.35. The quantitative estimate of drug-likeness (QED) is 0.882. The number of nitrogens with zero attached hydrogens (tertiary/aromatic N) is 1. The molecule has 1 aromatic heterocycles. The van der Waals surface area contributed by atoms with Crippen LogP contribution in [0.15, 0.2) is 36.5 Å². The predicted octanol–water partition coefficient (Wildman–Crippen LogP) is 2.80. The van der Waals surface area contributed by atoms with Crippen molar-refractivity contribution in [1.29, 1.82) is 0 Å². The summed E-state index contributed by atoms with van der Waals surface area (Å²) >= 11 is 0. The maximum absolute atomic E-state index is 13.4. The van der Waals surface area contributed by atoms with E-state index in [4.69, 9.17) is 5.11 Å². The van der Waals surface area contributed by atoms with Crippen molar-refractivity contribution in [3.63, 3.8) is 0 Å². The molecule has 5 heteroatoms. The Bertz CT molecular complexity index is 702. The first-order valence-corrected chi connectivity index (χ1v) is 6.24. The van der Waals surface area contributed by atoms with Crippen molar-refractivity contribution in [2.75, 3.05) is 5.32 Å². The lowest BCUT2D eigenvalue weighted by molar-refractivity contribution is 0.0696. The minimum atomic E-state index is -1.00. The van der Waals surface area contributed by atoms with E-state index in [1.54, 1.807) is 12.1 Å². The van der Waals surface area contributed by atoms with Crippen molar-refractivity contribution in [3.8, 4) is 0 Å². The molecule has 0 aliphatic carbocycles. The van der Waals surface area contributed by atoms with E-state index in [0.29, 0.717) is 12.2 Å². The maximum atomic E-state index is 13.4. The number of hydrogen-bond donors (Lipinski definition) is 2. The van der Waals surface area contributed by atoms with Gasteiger partial charge in [-0.15, -0.1) is 0 Å². The Morgan fingerprint density at radius 3 is 2.95 bits per heavy atom. The number of aromatic carboxylic acids is 1. The number of anilines is 1. The summed E-state index contributed by atoms with van der Waals surface area (Å²) < 4.78 is 13.4. The van der Waals surface area contributed by atoms with Gasteiger partial charge in [0.15, 0.2) is 0 Å². The highest BCUT2D eigenvalue weighted by atomic mass is 19.1. The molecule has 2 heterocycles. The van der Waals surface area contributed by atoms with Gasteiger partial charge in [-0.2, -0.15) is 0 Å². The molecule has 3 rings (SSSR count). The van der Waals surface area contributed by atoms with Crippen LogP contribution in [0.1, 0.15) is 28.4 Å². The third-order valence-corrected chi connectivity index (χ3v) is 3.61. The molecule has 0 fully saturated rings. The second-order valence-corrected chi connectivity index (χ2v) is 5.18. The van der Waals surface area contributed by atoms with Crippen LogP contribution in [-0.2, 0) is 12.0 Å². The van der Waals surface area contributed by atoms with Crippen LogP contribution in [0.2, 0.25) is 0 Å². The van der Waals surface area contributed by atoms with Gasteiger partial charge in [0.2, 0.25) is 0 Å². The molecule has 1 aliphatic rings.